The Kier molecular flexibility index (Phi) is 10.1. The fraction of sp³-hybridized carbons (Fsp3) is 0.650. The van der Waals surface area contributed by atoms with E-state index in [0.29, 0.717) is 19.3 Å². The van der Waals surface area contributed by atoms with Crippen molar-refractivity contribution in [2.45, 2.75) is 70.5 Å². The van der Waals surface area contributed by atoms with Gasteiger partial charge < -0.3 is 15.3 Å². The highest BCUT2D eigenvalue weighted by Crippen LogP contribution is 2.36. The van der Waals surface area contributed by atoms with Crippen LogP contribution in [0.15, 0.2) is 24.3 Å². The molecule has 1 aliphatic rings. The van der Waals surface area contributed by atoms with Crippen molar-refractivity contribution in [3.8, 4) is 11.8 Å². The lowest BCUT2D eigenvalue weighted by Crippen LogP contribution is -2.17. The van der Waals surface area contributed by atoms with Crippen LogP contribution in [0.3, 0.4) is 0 Å². The van der Waals surface area contributed by atoms with Crippen molar-refractivity contribution in [2.75, 3.05) is 0 Å². The third-order valence-electron chi connectivity index (χ3n) is 4.50. The Morgan fingerprint density at radius 3 is 2.83 bits per heavy atom. The van der Waals surface area contributed by atoms with Crippen molar-refractivity contribution in [1.82, 2.24) is 0 Å². The van der Waals surface area contributed by atoms with E-state index in [1.54, 1.807) is 6.92 Å². The zero-order chi connectivity index (χ0) is 17.8. The summed E-state index contributed by atoms with van der Waals surface area (Å²) >= 11 is 0. The van der Waals surface area contributed by atoms with E-state index in [0.717, 1.165) is 25.7 Å². The molecule has 0 radical (unpaired) electrons. The molecule has 0 bridgehead atoms. The minimum atomic E-state index is -0.761. The summed E-state index contributed by atoms with van der Waals surface area (Å²) in [5.41, 5.74) is 0. The molecule has 0 aromatic heterocycles. The van der Waals surface area contributed by atoms with Crippen LogP contribution in [0.5, 0.6) is 0 Å². The van der Waals surface area contributed by atoms with Gasteiger partial charge in [-0.3, -0.25) is 4.79 Å². The number of aliphatic carboxylic acids is 1. The van der Waals surface area contributed by atoms with Gasteiger partial charge in [0, 0.05) is 12.8 Å². The molecule has 134 valence electrons. The second-order valence-corrected chi connectivity index (χ2v) is 6.38. The maximum Gasteiger partial charge on any atom is 0.303 e. The van der Waals surface area contributed by atoms with E-state index in [9.17, 15) is 15.0 Å². The first-order valence-electron chi connectivity index (χ1n) is 8.85. The minimum Gasteiger partial charge on any atom is -0.481 e. The quantitative estimate of drug-likeness (QED) is 0.325. The van der Waals surface area contributed by atoms with Crippen LogP contribution in [0, 0.1) is 23.7 Å². The number of hydrogen-bond acceptors (Lipinski definition) is 3. The van der Waals surface area contributed by atoms with Crippen LogP contribution in [0.25, 0.3) is 0 Å². The highest BCUT2D eigenvalue weighted by molar-refractivity contribution is 5.66. The van der Waals surface area contributed by atoms with Crippen molar-refractivity contribution in [3.63, 3.8) is 0 Å². The SMILES string of the molecule is CC#CCC[C@H](O)C=C[C@H]1CC[C@H](O)[C@@H]1CC=CCCCC(=O)O. The molecule has 0 spiro atoms. The van der Waals surface area contributed by atoms with E-state index < -0.39 is 12.1 Å². The lowest BCUT2D eigenvalue weighted by molar-refractivity contribution is -0.137. The number of hydrogen-bond donors (Lipinski definition) is 3. The summed E-state index contributed by atoms with van der Waals surface area (Å²) in [5.74, 6) is 5.47. The molecule has 0 aromatic carbocycles. The lowest BCUT2D eigenvalue weighted by atomic mass is 9.90. The molecular weight excluding hydrogens is 304 g/mol. The van der Waals surface area contributed by atoms with E-state index in [-0.39, 0.29) is 24.4 Å². The largest absolute Gasteiger partial charge is 0.481 e. The van der Waals surface area contributed by atoms with Gasteiger partial charge in [-0.15, -0.1) is 11.8 Å². The van der Waals surface area contributed by atoms with Gasteiger partial charge in [-0.2, -0.15) is 0 Å². The molecule has 4 heteroatoms. The van der Waals surface area contributed by atoms with Crippen LogP contribution in [0.1, 0.15) is 58.3 Å². The van der Waals surface area contributed by atoms with Gasteiger partial charge >= 0.3 is 5.97 Å². The topological polar surface area (TPSA) is 77.8 Å². The monoisotopic (exact) mass is 334 g/mol. The summed E-state index contributed by atoms with van der Waals surface area (Å²) in [6, 6.07) is 0. The lowest BCUT2D eigenvalue weighted by Gasteiger charge is -2.18. The van der Waals surface area contributed by atoms with Crippen molar-refractivity contribution in [2.24, 2.45) is 11.8 Å². The van der Waals surface area contributed by atoms with Crippen LogP contribution in [0.2, 0.25) is 0 Å². The zero-order valence-electron chi connectivity index (χ0n) is 14.5. The molecule has 0 aromatic rings. The molecule has 0 unspecified atom stereocenters. The van der Waals surface area contributed by atoms with Crippen LogP contribution >= 0.6 is 0 Å². The summed E-state index contributed by atoms with van der Waals surface area (Å²) in [7, 11) is 0. The number of allylic oxidation sites excluding steroid dienone is 3. The van der Waals surface area contributed by atoms with Crippen molar-refractivity contribution in [3.05, 3.63) is 24.3 Å². The predicted octanol–water partition coefficient (Wildman–Crippen LogP) is 3.30. The molecule has 1 aliphatic carbocycles. The molecule has 0 heterocycles. The van der Waals surface area contributed by atoms with Crippen molar-refractivity contribution in [1.29, 1.82) is 0 Å². The number of rotatable bonds is 10. The summed E-state index contributed by atoms with van der Waals surface area (Å²) in [6.07, 6.45) is 12.6. The fourth-order valence-corrected chi connectivity index (χ4v) is 3.10. The minimum absolute atomic E-state index is 0.180. The molecule has 1 rings (SSSR count). The molecule has 1 fully saturated rings. The van der Waals surface area contributed by atoms with Crippen LogP contribution in [-0.2, 0) is 4.79 Å². The Bertz CT molecular complexity index is 484. The number of carboxylic acid groups (broad SMARTS) is 1. The molecule has 0 saturated heterocycles. The van der Waals surface area contributed by atoms with E-state index in [2.05, 4.69) is 17.9 Å². The maximum atomic E-state index is 10.4. The summed E-state index contributed by atoms with van der Waals surface area (Å²) < 4.78 is 0. The predicted molar refractivity (Wildman–Crippen MR) is 95.3 cm³/mol. The highest BCUT2D eigenvalue weighted by Gasteiger charge is 2.32. The maximum absolute atomic E-state index is 10.4. The Morgan fingerprint density at radius 2 is 2.12 bits per heavy atom. The van der Waals surface area contributed by atoms with Gasteiger partial charge in [0.05, 0.1) is 12.2 Å². The van der Waals surface area contributed by atoms with E-state index >= 15 is 0 Å². The van der Waals surface area contributed by atoms with Gasteiger partial charge in [0.15, 0.2) is 0 Å². The molecule has 4 nitrogen and oxygen atoms in total. The highest BCUT2D eigenvalue weighted by atomic mass is 16.4. The molecule has 1 saturated carbocycles. The smallest absolute Gasteiger partial charge is 0.303 e. The first kappa shape index (κ1) is 20.5. The zero-order valence-corrected chi connectivity index (χ0v) is 14.5. The molecule has 0 amide bonds. The summed E-state index contributed by atoms with van der Waals surface area (Å²) in [5, 5.41) is 28.7. The molecule has 0 aliphatic heterocycles. The Morgan fingerprint density at radius 1 is 1.33 bits per heavy atom. The van der Waals surface area contributed by atoms with E-state index in [4.69, 9.17) is 5.11 Å². The number of aliphatic hydroxyl groups excluding tert-OH is 2. The summed E-state index contributed by atoms with van der Waals surface area (Å²) in [6.45, 7) is 1.79. The number of unbranched alkanes of at least 4 members (excludes halogenated alkanes) is 1. The second-order valence-electron chi connectivity index (χ2n) is 6.38. The van der Waals surface area contributed by atoms with Gasteiger partial charge in [0.2, 0.25) is 0 Å². The van der Waals surface area contributed by atoms with Gasteiger partial charge in [0.25, 0.3) is 0 Å². The third kappa shape index (κ3) is 8.33. The number of carbonyl (C=O) groups is 1. The molecule has 24 heavy (non-hydrogen) atoms. The normalized spacial score (nSPS) is 25.0. The van der Waals surface area contributed by atoms with Crippen molar-refractivity contribution >= 4 is 5.97 Å². The van der Waals surface area contributed by atoms with Gasteiger partial charge in [0.1, 0.15) is 0 Å². The number of carboxylic acids is 1. The first-order chi connectivity index (χ1) is 11.5. The van der Waals surface area contributed by atoms with Crippen LogP contribution < -0.4 is 0 Å². The van der Waals surface area contributed by atoms with Crippen LogP contribution in [-0.4, -0.2) is 33.5 Å². The number of aliphatic hydroxyl groups is 2. The Hall–Kier alpha value is -1.57. The Labute approximate surface area is 145 Å². The summed E-state index contributed by atoms with van der Waals surface area (Å²) in [4.78, 5) is 10.4. The third-order valence-corrected chi connectivity index (χ3v) is 4.50. The standard InChI is InChI=1S/C20H30O4/c1-2-3-6-9-17(21)14-12-16-13-15-19(22)18(16)10-7-4-5-8-11-20(23)24/h4,7,12,14,16-19,21-22H,5-6,8-11,13,15H2,1H3,(H,23,24)/t16-,17-,18+,19-/m0/s1. The second kappa shape index (κ2) is 11.9. The van der Waals surface area contributed by atoms with E-state index in [1.807, 2.05) is 18.2 Å². The van der Waals surface area contributed by atoms with Crippen LogP contribution in [0.4, 0.5) is 0 Å². The van der Waals surface area contributed by atoms with Gasteiger partial charge in [-0.1, -0.05) is 24.3 Å². The van der Waals surface area contributed by atoms with Gasteiger partial charge in [-0.05, 0) is 57.3 Å². The average molecular weight is 334 g/mol. The Balaban J connectivity index is 2.39. The molecular formula is C20H30O4. The van der Waals surface area contributed by atoms with E-state index in [1.165, 1.54) is 0 Å². The fourth-order valence-electron chi connectivity index (χ4n) is 3.10. The average Bonchev–Trinajstić information content (AvgIpc) is 2.89. The first-order valence-corrected chi connectivity index (χ1v) is 8.85. The van der Waals surface area contributed by atoms with Gasteiger partial charge in [-0.25, -0.2) is 0 Å². The molecule has 4 atom stereocenters. The van der Waals surface area contributed by atoms with Crippen molar-refractivity contribution < 1.29 is 20.1 Å². The molecule has 3 N–H and O–H groups in total.